The van der Waals surface area contributed by atoms with Gasteiger partial charge in [0.15, 0.2) is 0 Å². The molecule has 0 N–H and O–H groups in total. The van der Waals surface area contributed by atoms with Crippen molar-refractivity contribution in [3.63, 3.8) is 0 Å². The molecule has 0 bridgehead atoms. The largest absolute Gasteiger partial charge is 0.466 e. The SMILES string of the molecule is CCOC(=O)CC(=O)OCc1ccc([N+](=O)[O-])cc1. The van der Waals surface area contributed by atoms with E-state index in [1.165, 1.54) is 24.3 Å². The summed E-state index contributed by atoms with van der Waals surface area (Å²) >= 11 is 0. The van der Waals surface area contributed by atoms with Gasteiger partial charge in [0, 0.05) is 12.1 Å². The zero-order valence-corrected chi connectivity index (χ0v) is 10.3. The summed E-state index contributed by atoms with van der Waals surface area (Å²) in [5, 5.41) is 10.4. The Bertz CT molecular complexity index is 468. The standard InChI is InChI=1S/C12H13NO6/c1-2-18-11(14)7-12(15)19-8-9-3-5-10(6-4-9)13(16)17/h3-6H,2,7-8H2,1H3. The predicted molar refractivity (Wildman–Crippen MR) is 64.1 cm³/mol. The van der Waals surface area contributed by atoms with Crippen molar-refractivity contribution in [2.45, 2.75) is 20.0 Å². The summed E-state index contributed by atoms with van der Waals surface area (Å²) in [7, 11) is 0. The van der Waals surface area contributed by atoms with E-state index in [1.54, 1.807) is 6.92 Å². The van der Waals surface area contributed by atoms with Crippen LogP contribution in [-0.2, 0) is 25.7 Å². The van der Waals surface area contributed by atoms with Gasteiger partial charge in [0.1, 0.15) is 13.0 Å². The van der Waals surface area contributed by atoms with Gasteiger partial charge in [0.25, 0.3) is 5.69 Å². The number of rotatable bonds is 6. The predicted octanol–water partition coefficient (Wildman–Crippen LogP) is 1.59. The first-order chi connectivity index (χ1) is 9.02. The average Bonchev–Trinajstić information content (AvgIpc) is 2.37. The molecule has 0 aliphatic carbocycles. The van der Waals surface area contributed by atoms with Crippen LogP contribution >= 0.6 is 0 Å². The number of hydrogen-bond donors (Lipinski definition) is 0. The van der Waals surface area contributed by atoms with Gasteiger partial charge in [-0.2, -0.15) is 0 Å². The molecule has 1 aromatic rings. The molecule has 1 rings (SSSR count). The third-order valence-electron chi connectivity index (χ3n) is 2.14. The molecular formula is C12H13NO6. The highest BCUT2D eigenvalue weighted by atomic mass is 16.6. The van der Waals surface area contributed by atoms with Crippen molar-refractivity contribution in [3.05, 3.63) is 39.9 Å². The van der Waals surface area contributed by atoms with Gasteiger partial charge in [0.2, 0.25) is 0 Å². The molecule has 0 radical (unpaired) electrons. The van der Waals surface area contributed by atoms with E-state index >= 15 is 0 Å². The summed E-state index contributed by atoms with van der Waals surface area (Å²) in [6.45, 7) is 1.80. The highest BCUT2D eigenvalue weighted by Gasteiger charge is 2.12. The Kier molecular flexibility index (Phi) is 5.46. The van der Waals surface area contributed by atoms with E-state index < -0.39 is 23.3 Å². The Morgan fingerprint density at radius 1 is 1.16 bits per heavy atom. The van der Waals surface area contributed by atoms with E-state index in [4.69, 9.17) is 4.74 Å². The summed E-state index contributed by atoms with van der Waals surface area (Å²) in [6.07, 6.45) is -0.444. The first kappa shape index (κ1) is 14.6. The molecule has 19 heavy (non-hydrogen) atoms. The molecule has 0 aliphatic rings. The maximum absolute atomic E-state index is 11.2. The van der Waals surface area contributed by atoms with Gasteiger partial charge in [-0.05, 0) is 24.6 Å². The highest BCUT2D eigenvalue weighted by Crippen LogP contribution is 2.12. The number of nitro benzene ring substituents is 1. The van der Waals surface area contributed by atoms with E-state index in [9.17, 15) is 19.7 Å². The smallest absolute Gasteiger partial charge is 0.317 e. The number of carbonyl (C=O) groups is 2. The molecule has 0 atom stereocenters. The summed E-state index contributed by atoms with van der Waals surface area (Å²) in [5.41, 5.74) is 0.560. The minimum Gasteiger partial charge on any atom is -0.466 e. The number of ether oxygens (including phenoxy) is 2. The number of esters is 2. The van der Waals surface area contributed by atoms with Crippen LogP contribution in [0.4, 0.5) is 5.69 Å². The van der Waals surface area contributed by atoms with Gasteiger partial charge in [-0.3, -0.25) is 19.7 Å². The molecule has 7 heteroatoms. The van der Waals surface area contributed by atoms with Crippen LogP contribution in [-0.4, -0.2) is 23.5 Å². The average molecular weight is 267 g/mol. The second-order valence-corrected chi connectivity index (χ2v) is 3.57. The Balaban J connectivity index is 2.42. The molecular weight excluding hydrogens is 254 g/mol. The van der Waals surface area contributed by atoms with Gasteiger partial charge in [-0.1, -0.05) is 0 Å². The number of benzene rings is 1. The summed E-state index contributed by atoms with van der Waals surface area (Å²) < 4.78 is 9.43. The quantitative estimate of drug-likeness (QED) is 0.336. The molecule has 0 spiro atoms. The zero-order valence-electron chi connectivity index (χ0n) is 10.3. The number of carbonyl (C=O) groups excluding carboxylic acids is 2. The van der Waals surface area contributed by atoms with Crippen LogP contribution in [0.1, 0.15) is 18.9 Å². The molecule has 102 valence electrons. The van der Waals surface area contributed by atoms with Gasteiger partial charge in [0.05, 0.1) is 11.5 Å². The number of non-ortho nitro benzene ring substituents is 1. The van der Waals surface area contributed by atoms with Crippen LogP contribution in [0.15, 0.2) is 24.3 Å². The molecule has 0 aliphatic heterocycles. The number of nitrogens with zero attached hydrogens (tertiary/aromatic N) is 1. The first-order valence-electron chi connectivity index (χ1n) is 5.57. The summed E-state index contributed by atoms with van der Waals surface area (Å²) in [6, 6.07) is 5.59. The van der Waals surface area contributed by atoms with Crippen LogP contribution in [0.3, 0.4) is 0 Å². The van der Waals surface area contributed by atoms with Crippen LogP contribution in [0.5, 0.6) is 0 Å². The van der Waals surface area contributed by atoms with Gasteiger partial charge in [-0.15, -0.1) is 0 Å². The van der Waals surface area contributed by atoms with Crippen molar-refractivity contribution in [3.8, 4) is 0 Å². The number of hydrogen-bond acceptors (Lipinski definition) is 6. The Labute approximate surface area is 109 Å². The lowest BCUT2D eigenvalue weighted by Gasteiger charge is -2.04. The van der Waals surface area contributed by atoms with E-state index in [1.807, 2.05) is 0 Å². The van der Waals surface area contributed by atoms with Crippen LogP contribution in [0.2, 0.25) is 0 Å². The highest BCUT2D eigenvalue weighted by molar-refractivity contribution is 5.91. The molecule has 0 heterocycles. The first-order valence-corrected chi connectivity index (χ1v) is 5.57. The van der Waals surface area contributed by atoms with E-state index in [-0.39, 0.29) is 18.9 Å². The third-order valence-corrected chi connectivity index (χ3v) is 2.14. The zero-order chi connectivity index (χ0) is 14.3. The molecule has 0 unspecified atom stereocenters. The van der Waals surface area contributed by atoms with Crippen LogP contribution < -0.4 is 0 Å². The van der Waals surface area contributed by atoms with Crippen molar-refractivity contribution in [2.75, 3.05) is 6.61 Å². The fourth-order valence-corrected chi connectivity index (χ4v) is 1.26. The lowest BCUT2D eigenvalue weighted by Crippen LogP contribution is -2.13. The maximum atomic E-state index is 11.2. The molecule has 0 saturated heterocycles. The lowest BCUT2D eigenvalue weighted by atomic mass is 10.2. The Hall–Kier alpha value is -2.44. The van der Waals surface area contributed by atoms with Gasteiger partial charge < -0.3 is 9.47 Å². The lowest BCUT2D eigenvalue weighted by molar-refractivity contribution is -0.384. The molecule has 0 saturated carbocycles. The van der Waals surface area contributed by atoms with E-state index in [0.717, 1.165) is 0 Å². The normalized spacial score (nSPS) is 9.74. The molecule has 0 aromatic heterocycles. The maximum Gasteiger partial charge on any atom is 0.317 e. The summed E-state index contributed by atoms with van der Waals surface area (Å²) in [5.74, 6) is -1.34. The Morgan fingerprint density at radius 3 is 2.26 bits per heavy atom. The topological polar surface area (TPSA) is 95.7 Å². The minimum absolute atomic E-state index is 0.0402. The van der Waals surface area contributed by atoms with E-state index in [2.05, 4.69) is 4.74 Å². The monoisotopic (exact) mass is 267 g/mol. The Morgan fingerprint density at radius 2 is 1.74 bits per heavy atom. The fraction of sp³-hybridized carbons (Fsp3) is 0.333. The van der Waals surface area contributed by atoms with Crippen molar-refractivity contribution < 1.29 is 24.0 Å². The van der Waals surface area contributed by atoms with Crippen molar-refractivity contribution in [1.82, 2.24) is 0 Å². The van der Waals surface area contributed by atoms with Crippen LogP contribution in [0, 0.1) is 10.1 Å². The number of nitro groups is 1. The summed E-state index contributed by atoms with van der Waals surface area (Å²) in [4.78, 5) is 32.1. The van der Waals surface area contributed by atoms with Gasteiger partial charge >= 0.3 is 11.9 Å². The van der Waals surface area contributed by atoms with E-state index in [0.29, 0.717) is 5.56 Å². The third kappa shape index (κ3) is 5.15. The molecule has 0 fully saturated rings. The van der Waals surface area contributed by atoms with Crippen molar-refractivity contribution in [1.29, 1.82) is 0 Å². The van der Waals surface area contributed by atoms with Crippen LogP contribution in [0.25, 0.3) is 0 Å². The fourth-order valence-electron chi connectivity index (χ4n) is 1.26. The molecule has 7 nitrogen and oxygen atoms in total. The van der Waals surface area contributed by atoms with Crippen molar-refractivity contribution >= 4 is 17.6 Å². The second kappa shape index (κ2) is 7.10. The second-order valence-electron chi connectivity index (χ2n) is 3.57. The minimum atomic E-state index is -0.697. The molecule has 0 amide bonds. The molecule has 1 aromatic carbocycles. The van der Waals surface area contributed by atoms with Crippen molar-refractivity contribution in [2.24, 2.45) is 0 Å². The van der Waals surface area contributed by atoms with Gasteiger partial charge in [-0.25, -0.2) is 0 Å².